The predicted octanol–water partition coefficient (Wildman–Crippen LogP) is 1.72. The highest BCUT2D eigenvalue weighted by molar-refractivity contribution is 6.29. The van der Waals surface area contributed by atoms with Crippen LogP contribution in [0.3, 0.4) is 0 Å². The fourth-order valence-electron chi connectivity index (χ4n) is 1.01. The van der Waals surface area contributed by atoms with Crippen LogP contribution in [0.5, 0.6) is 0 Å². The third-order valence-corrected chi connectivity index (χ3v) is 1.84. The van der Waals surface area contributed by atoms with Crippen LogP contribution >= 0.6 is 11.6 Å². The summed E-state index contributed by atoms with van der Waals surface area (Å²) < 4.78 is 0. The Bertz CT molecular complexity index is 443. The first-order chi connectivity index (χ1) is 6.29. The fourth-order valence-corrected chi connectivity index (χ4v) is 1.15. The summed E-state index contributed by atoms with van der Waals surface area (Å²) in [6.45, 7) is 0. The average Bonchev–Trinajstić information content (AvgIpc) is 2.16. The second-order valence-corrected chi connectivity index (χ2v) is 2.88. The highest BCUT2D eigenvalue weighted by atomic mass is 35.5. The number of aromatic nitrogens is 3. The van der Waals surface area contributed by atoms with Crippen molar-refractivity contribution in [1.82, 2.24) is 15.0 Å². The van der Waals surface area contributed by atoms with Crippen molar-refractivity contribution in [1.29, 1.82) is 0 Å². The Labute approximate surface area is 80.0 Å². The second kappa shape index (κ2) is 3.14. The maximum atomic E-state index is 5.72. The molecule has 0 saturated heterocycles. The van der Waals surface area contributed by atoms with E-state index in [1.54, 1.807) is 19.3 Å². The first-order valence-electron chi connectivity index (χ1n) is 3.76. The molecule has 66 valence electrons. The Morgan fingerprint density at radius 1 is 1.31 bits per heavy atom. The highest BCUT2D eigenvalue weighted by Gasteiger charge is 1.99. The molecule has 0 bridgehead atoms. The summed E-state index contributed by atoms with van der Waals surface area (Å²) in [7, 11) is 1.76. The summed E-state index contributed by atoms with van der Waals surface area (Å²) in [6, 6.07) is 3.55. The van der Waals surface area contributed by atoms with Gasteiger partial charge in [-0.2, -0.15) is 4.98 Å². The normalized spacial score (nSPS) is 10.3. The van der Waals surface area contributed by atoms with Crippen molar-refractivity contribution in [3.63, 3.8) is 0 Å². The van der Waals surface area contributed by atoms with E-state index in [4.69, 9.17) is 11.6 Å². The lowest BCUT2D eigenvalue weighted by atomic mass is 10.3. The van der Waals surface area contributed by atoms with Gasteiger partial charge in [0.2, 0.25) is 5.95 Å². The van der Waals surface area contributed by atoms with Crippen LogP contribution in [0.25, 0.3) is 11.0 Å². The minimum atomic E-state index is 0.438. The van der Waals surface area contributed by atoms with E-state index >= 15 is 0 Å². The van der Waals surface area contributed by atoms with Gasteiger partial charge in [-0.05, 0) is 12.1 Å². The first-order valence-corrected chi connectivity index (χ1v) is 4.14. The van der Waals surface area contributed by atoms with Crippen molar-refractivity contribution >= 4 is 28.6 Å². The monoisotopic (exact) mass is 194 g/mol. The van der Waals surface area contributed by atoms with E-state index < -0.39 is 0 Å². The molecule has 0 spiro atoms. The Kier molecular flexibility index (Phi) is 1.98. The fraction of sp³-hybridized carbons (Fsp3) is 0.125. The molecule has 2 heterocycles. The zero-order valence-electron chi connectivity index (χ0n) is 6.95. The Morgan fingerprint density at radius 2 is 2.15 bits per heavy atom. The van der Waals surface area contributed by atoms with Crippen molar-refractivity contribution in [2.75, 3.05) is 12.4 Å². The van der Waals surface area contributed by atoms with Gasteiger partial charge in [0, 0.05) is 18.6 Å². The van der Waals surface area contributed by atoms with Crippen LogP contribution in [0.2, 0.25) is 5.15 Å². The molecular weight excluding hydrogens is 188 g/mol. The molecule has 2 aromatic rings. The van der Waals surface area contributed by atoms with Gasteiger partial charge < -0.3 is 5.32 Å². The summed E-state index contributed by atoms with van der Waals surface area (Å²) in [5.41, 5.74) is 0.604. The minimum Gasteiger partial charge on any atom is -0.357 e. The third kappa shape index (κ3) is 1.53. The Hall–Kier alpha value is -1.42. The largest absolute Gasteiger partial charge is 0.357 e. The van der Waals surface area contributed by atoms with Crippen molar-refractivity contribution in [3.05, 3.63) is 23.5 Å². The summed E-state index contributed by atoms with van der Waals surface area (Å²) in [5.74, 6) is 0.544. The molecule has 0 unspecified atom stereocenters. The van der Waals surface area contributed by atoms with Crippen molar-refractivity contribution in [3.8, 4) is 0 Å². The summed E-state index contributed by atoms with van der Waals surface area (Å²) in [6.07, 6.45) is 1.71. The van der Waals surface area contributed by atoms with Gasteiger partial charge in [-0.1, -0.05) is 11.6 Å². The van der Waals surface area contributed by atoms with E-state index in [2.05, 4.69) is 20.3 Å². The number of halogens is 1. The molecular formula is C8H7ClN4. The van der Waals surface area contributed by atoms with E-state index in [0.717, 1.165) is 5.39 Å². The summed E-state index contributed by atoms with van der Waals surface area (Å²) in [5, 5.41) is 4.15. The van der Waals surface area contributed by atoms with Crippen LogP contribution in [0.15, 0.2) is 18.3 Å². The molecule has 2 rings (SSSR count). The zero-order valence-corrected chi connectivity index (χ0v) is 7.71. The molecule has 0 amide bonds. The first kappa shape index (κ1) is 8.19. The Morgan fingerprint density at radius 3 is 2.92 bits per heavy atom. The lowest BCUT2D eigenvalue weighted by Gasteiger charge is -1.99. The second-order valence-electron chi connectivity index (χ2n) is 2.49. The topological polar surface area (TPSA) is 50.7 Å². The van der Waals surface area contributed by atoms with Crippen molar-refractivity contribution < 1.29 is 0 Å². The highest BCUT2D eigenvalue weighted by Crippen LogP contribution is 2.13. The number of anilines is 1. The van der Waals surface area contributed by atoms with E-state index in [1.807, 2.05) is 6.07 Å². The van der Waals surface area contributed by atoms with Crippen LogP contribution in [-0.4, -0.2) is 22.0 Å². The van der Waals surface area contributed by atoms with Gasteiger partial charge in [-0.3, -0.25) is 0 Å². The van der Waals surface area contributed by atoms with Crippen LogP contribution in [0.1, 0.15) is 0 Å². The molecule has 4 nitrogen and oxygen atoms in total. The minimum absolute atomic E-state index is 0.438. The molecule has 0 aliphatic heterocycles. The van der Waals surface area contributed by atoms with Gasteiger partial charge in [0.15, 0.2) is 5.65 Å². The molecule has 5 heteroatoms. The molecule has 0 fully saturated rings. The molecule has 13 heavy (non-hydrogen) atoms. The number of hydrogen-bond acceptors (Lipinski definition) is 4. The zero-order chi connectivity index (χ0) is 9.26. The van der Waals surface area contributed by atoms with E-state index in [9.17, 15) is 0 Å². The van der Waals surface area contributed by atoms with Crippen LogP contribution in [0, 0.1) is 0 Å². The maximum Gasteiger partial charge on any atom is 0.224 e. The van der Waals surface area contributed by atoms with Crippen LogP contribution in [0.4, 0.5) is 5.95 Å². The molecule has 0 saturated carbocycles. The van der Waals surface area contributed by atoms with E-state index in [0.29, 0.717) is 16.7 Å². The van der Waals surface area contributed by atoms with Gasteiger partial charge in [-0.15, -0.1) is 0 Å². The number of nitrogens with one attached hydrogen (secondary N) is 1. The molecule has 0 radical (unpaired) electrons. The van der Waals surface area contributed by atoms with Gasteiger partial charge in [0.05, 0.1) is 0 Å². The maximum absolute atomic E-state index is 5.72. The number of rotatable bonds is 1. The van der Waals surface area contributed by atoms with Gasteiger partial charge in [0.1, 0.15) is 5.15 Å². The van der Waals surface area contributed by atoms with Crippen LogP contribution in [-0.2, 0) is 0 Å². The van der Waals surface area contributed by atoms with E-state index in [1.165, 1.54) is 0 Å². The number of pyridine rings is 1. The van der Waals surface area contributed by atoms with Gasteiger partial charge >= 0.3 is 0 Å². The van der Waals surface area contributed by atoms with Crippen molar-refractivity contribution in [2.24, 2.45) is 0 Å². The predicted molar refractivity (Wildman–Crippen MR) is 51.9 cm³/mol. The van der Waals surface area contributed by atoms with E-state index in [-0.39, 0.29) is 0 Å². The molecule has 2 aromatic heterocycles. The summed E-state index contributed by atoms with van der Waals surface area (Å²) >= 11 is 5.72. The summed E-state index contributed by atoms with van der Waals surface area (Å²) in [4.78, 5) is 12.2. The average molecular weight is 195 g/mol. The van der Waals surface area contributed by atoms with Gasteiger partial charge in [-0.25, -0.2) is 9.97 Å². The number of fused-ring (bicyclic) bond motifs is 1. The lowest BCUT2D eigenvalue weighted by Crippen LogP contribution is -1.96. The lowest BCUT2D eigenvalue weighted by molar-refractivity contribution is 1.16. The van der Waals surface area contributed by atoms with Crippen LogP contribution < -0.4 is 5.32 Å². The number of hydrogen-bond donors (Lipinski definition) is 1. The third-order valence-electron chi connectivity index (χ3n) is 1.63. The molecule has 0 aliphatic carbocycles. The van der Waals surface area contributed by atoms with Crippen molar-refractivity contribution in [2.45, 2.75) is 0 Å². The molecule has 1 N–H and O–H groups in total. The molecule has 0 atom stereocenters. The molecule has 0 aromatic carbocycles. The SMILES string of the molecule is CNc1ncc2ccc(Cl)nc2n1. The number of nitrogens with zero attached hydrogens (tertiary/aromatic N) is 3. The quantitative estimate of drug-likeness (QED) is 0.703. The smallest absolute Gasteiger partial charge is 0.224 e. The van der Waals surface area contributed by atoms with Gasteiger partial charge in [0.25, 0.3) is 0 Å². The Balaban J connectivity index is 2.68. The molecule has 0 aliphatic rings. The standard InChI is InChI=1S/C8H7ClN4/c1-10-8-11-4-5-2-3-6(9)12-7(5)13-8/h2-4H,1H3,(H,10,11,12,13).